The zero-order valence-corrected chi connectivity index (χ0v) is 12.5. The van der Waals surface area contributed by atoms with E-state index in [0.29, 0.717) is 19.1 Å². The normalized spacial score (nSPS) is 10.9. The minimum absolute atomic E-state index is 0.119. The molecular formula is C13H18ClN3O3. The molecule has 1 rings (SSSR count). The van der Waals surface area contributed by atoms with Gasteiger partial charge in [0.1, 0.15) is 5.02 Å². The van der Waals surface area contributed by atoms with Crippen molar-refractivity contribution in [3.8, 4) is 0 Å². The Morgan fingerprint density at radius 3 is 2.70 bits per heavy atom. The molecule has 1 aromatic rings. The largest absolute Gasteiger partial charge is 0.351 e. The molecule has 0 saturated carbocycles. The number of nitrogens with zero attached hydrogens (tertiary/aromatic N) is 2. The van der Waals surface area contributed by atoms with E-state index in [0.717, 1.165) is 0 Å². The van der Waals surface area contributed by atoms with Crippen molar-refractivity contribution in [2.45, 2.75) is 19.9 Å². The Hall–Kier alpha value is -1.66. The van der Waals surface area contributed by atoms with Crippen molar-refractivity contribution in [3.05, 3.63) is 38.9 Å². The number of carbonyl (C=O) groups is 1. The monoisotopic (exact) mass is 299 g/mol. The van der Waals surface area contributed by atoms with Gasteiger partial charge >= 0.3 is 0 Å². The topological polar surface area (TPSA) is 75.5 Å². The van der Waals surface area contributed by atoms with Gasteiger partial charge in [0.15, 0.2) is 0 Å². The second kappa shape index (κ2) is 7.21. The molecule has 0 aliphatic heterocycles. The molecule has 0 fully saturated rings. The van der Waals surface area contributed by atoms with Crippen LogP contribution in [0.25, 0.3) is 0 Å². The number of nitro groups is 1. The highest BCUT2D eigenvalue weighted by molar-refractivity contribution is 6.35. The van der Waals surface area contributed by atoms with Gasteiger partial charge in [0.25, 0.3) is 11.6 Å². The average molecular weight is 300 g/mol. The first kappa shape index (κ1) is 16.4. The maximum absolute atomic E-state index is 12.0. The van der Waals surface area contributed by atoms with Crippen LogP contribution in [-0.4, -0.2) is 41.9 Å². The van der Waals surface area contributed by atoms with E-state index in [1.807, 2.05) is 7.05 Å². The summed E-state index contributed by atoms with van der Waals surface area (Å²) in [4.78, 5) is 24.2. The van der Waals surface area contributed by atoms with E-state index in [9.17, 15) is 14.9 Å². The highest BCUT2D eigenvalue weighted by Gasteiger charge is 2.19. The van der Waals surface area contributed by atoms with Crippen molar-refractivity contribution in [1.29, 1.82) is 0 Å². The van der Waals surface area contributed by atoms with Crippen LogP contribution < -0.4 is 5.32 Å². The van der Waals surface area contributed by atoms with Crippen molar-refractivity contribution < 1.29 is 9.72 Å². The lowest BCUT2D eigenvalue weighted by Crippen LogP contribution is -2.36. The smallest absolute Gasteiger partial charge is 0.288 e. The Labute approximate surface area is 122 Å². The first-order valence-corrected chi connectivity index (χ1v) is 6.63. The summed E-state index contributed by atoms with van der Waals surface area (Å²) in [7, 11) is 1.96. The van der Waals surface area contributed by atoms with E-state index in [1.165, 1.54) is 18.2 Å². The van der Waals surface area contributed by atoms with Crippen LogP contribution in [0, 0.1) is 10.1 Å². The minimum Gasteiger partial charge on any atom is -0.351 e. The molecule has 0 radical (unpaired) electrons. The molecule has 0 aliphatic carbocycles. The van der Waals surface area contributed by atoms with Gasteiger partial charge in [-0.05, 0) is 27.0 Å². The molecule has 0 bridgehead atoms. The molecule has 1 amide bonds. The van der Waals surface area contributed by atoms with Crippen LogP contribution in [0.2, 0.25) is 5.02 Å². The lowest BCUT2D eigenvalue weighted by Gasteiger charge is -2.20. The van der Waals surface area contributed by atoms with Gasteiger partial charge in [-0.2, -0.15) is 0 Å². The summed E-state index contributed by atoms with van der Waals surface area (Å²) in [6.45, 7) is 5.25. The van der Waals surface area contributed by atoms with Crippen LogP contribution in [0.5, 0.6) is 0 Å². The van der Waals surface area contributed by atoms with Gasteiger partial charge in [-0.3, -0.25) is 14.9 Å². The van der Waals surface area contributed by atoms with Gasteiger partial charge in [-0.1, -0.05) is 17.7 Å². The zero-order chi connectivity index (χ0) is 15.3. The van der Waals surface area contributed by atoms with Crippen LogP contribution in [0.3, 0.4) is 0 Å². The molecule has 0 aromatic heterocycles. The highest BCUT2D eigenvalue weighted by Crippen LogP contribution is 2.27. The fraction of sp³-hybridized carbons (Fsp3) is 0.462. The molecule has 0 heterocycles. The molecule has 1 N–H and O–H groups in total. The maximum Gasteiger partial charge on any atom is 0.288 e. The van der Waals surface area contributed by atoms with Crippen molar-refractivity contribution in [1.82, 2.24) is 10.2 Å². The molecule has 0 saturated heterocycles. The number of nitro benzene ring substituents is 1. The van der Waals surface area contributed by atoms with Crippen LogP contribution in [0.15, 0.2) is 18.2 Å². The summed E-state index contributed by atoms with van der Waals surface area (Å²) in [5.74, 6) is -0.407. The number of likely N-dealkylation sites (N-methyl/N-ethyl adjacent to an activating group) is 1. The Morgan fingerprint density at radius 1 is 1.50 bits per heavy atom. The minimum atomic E-state index is -0.606. The van der Waals surface area contributed by atoms with Crippen molar-refractivity contribution >= 4 is 23.2 Å². The molecule has 0 aliphatic rings. The van der Waals surface area contributed by atoms with E-state index in [1.54, 1.807) is 0 Å². The number of benzene rings is 1. The molecule has 0 atom stereocenters. The first-order valence-electron chi connectivity index (χ1n) is 6.26. The Balaban J connectivity index is 2.69. The van der Waals surface area contributed by atoms with Crippen LogP contribution in [-0.2, 0) is 0 Å². The number of halogens is 1. The highest BCUT2D eigenvalue weighted by atomic mass is 35.5. The van der Waals surface area contributed by atoms with Crippen molar-refractivity contribution in [2.24, 2.45) is 0 Å². The number of carbonyl (C=O) groups excluding carboxylic acids is 1. The summed E-state index contributed by atoms with van der Waals surface area (Å²) in [5.41, 5.74) is -0.147. The van der Waals surface area contributed by atoms with Gasteiger partial charge < -0.3 is 10.2 Å². The quantitative estimate of drug-likeness (QED) is 0.646. The molecule has 0 spiro atoms. The number of nitrogens with one attached hydrogen (secondary N) is 1. The molecular weight excluding hydrogens is 282 g/mol. The molecule has 0 unspecified atom stereocenters. The third kappa shape index (κ3) is 4.18. The molecule has 6 nitrogen and oxygen atoms in total. The fourth-order valence-electron chi connectivity index (χ4n) is 1.54. The third-order valence-corrected chi connectivity index (χ3v) is 3.45. The summed E-state index contributed by atoms with van der Waals surface area (Å²) >= 11 is 5.88. The van der Waals surface area contributed by atoms with E-state index in [2.05, 4.69) is 24.1 Å². The van der Waals surface area contributed by atoms with Gasteiger partial charge in [0, 0.05) is 25.2 Å². The second-order valence-corrected chi connectivity index (χ2v) is 5.10. The lowest BCUT2D eigenvalue weighted by atomic mass is 10.2. The molecule has 110 valence electrons. The fourth-order valence-corrected chi connectivity index (χ4v) is 1.82. The van der Waals surface area contributed by atoms with Crippen LogP contribution in [0.1, 0.15) is 24.2 Å². The van der Waals surface area contributed by atoms with E-state index in [4.69, 9.17) is 11.6 Å². The Kier molecular flexibility index (Phi) is 5.91. The number of hydrogen-bond acceptors (Lipinski definition) is 4. The van der Waals surface area contributed by atoms with E-state index in [-0.39, 0.29) is 16.3 Å². The zero-order valence-electron chi connectivity index (χ0n) is 11.7. The number of rotatable bonds is 6. The lowest BCUT2D eigenvalue weighted by molar-refractivity contribution is -0.384. The number of amides is 1. The van der Waals surface area contributed by atoms with E-state index >= 15 is 0 Å². The predicted octanol–water partition coefficient (Wildman–Crippen LogP) is 2.32. The van der Waals surface area contributed by atoms with Crippen molar-refractivity contribution in [2.75, 3.05) is 20.1 Å². The van der Waals surface area contributed by atoms with Gasteiger partial charge in [-0.15, -0.1) is 0 Å². The van der Waals surface area contributed by atoms with Crippen LogP contribution >= 0.6 is 11.6 Å². The summed E-state index contributed by atoms with van der Waals surface area (Å²) < 4.78 is 0. The summed E-state index contributed by atoms with van der Waals surface area (Å²) in [6.07, 6.45) is 0. The SMILES string of the molecule is CC(C)N(C)CCNC(=O)c1cccc([N+](=O)[O-])c1Cl. The van der Waals surface area contributed by atoms with Gasteiger partial charge in [0.05, 0.1) is 10.5 Å². The Morgan fingerprint density at radius 2 is 2.15 bits per heavy atom. The second-order valence-electron chi connectivity index (χ2n) is 4.73. The van der Waals surface area contributed by atoms with E-state index < -0.39 is 10.8 Å². The average Bonchev–Trinajstić information content (AvgIpc) is 2.38. The van der Waals surface area contributed by atoms with Crippen LogP contribution in [0.4, 0.5) is 5.69 Å². The van der Waals surface area contributed by atoms with Crippen molar-refractivity contribution in [3.63, 3.8) is 0 Å². The third-order valence-electron chi connectivity index (χ3n) is 3.05. The Bertz CT molecular complexity index is 506. The van der Waals surface area contributed by atoms with Gasteiger partial charge in [0.2, 0.25) is 0 Å². The molecule has 1 aromatic carbocycles. The summed E-state index contributed by atoms with van der Waals surface area (Å²) in [6, 6.07) is 4.56. The maximum atomic E-state index is 12.0. The molecule has 7 heteroatoms. The predicted molar refractivity (Wildman–Crippen MR) is 78.2 cm³/mol. The molecule has 20 heavy (non-hydrogen) atoms. The van der Waals surface area contributed by atoms with Gasteiger partial charge in [-0.25, -0.2) is 0 Å². The summed E-state index contributed by atoms with van der Waals surface area (Å²) in [5, 5.41) is 13.3. The first-order chi connectivity index (χ1) is 9.34. The standard InChI is InChI=1S/C13H18ClN3O3/c1-9(2)16(3)8-7-15-13(18)10-5-4-6-11(12(10)14)17(19)20/h4-6,9H,7-8H2,1-3H3,(H,15,18). The number of hydrogen-bond donors (Lipinski definition) is 1.